The molecular weight excluding hydrogens is 214 g/mol. The van der Waals surface area contributed by atoms with Gasteiger partial charge in [-0.2, -0.15) is 0 Å². The van der Waals surface area contributed by atoms with Gasteiger partial charge in [-0.3, -0.25) is 9.78 Å². The van der Waals surface area contributed by atoms with Gasteiger partial charge in [-0.1, -0.05) is 6.07 Å². The maximum atomic E-state index is 12.1. The van der Waals surface area contributed by atoms with Crippen LogP contribution in [0.15, 0.2) is 24.4 Å². The number of hydrogen-bond donors (Lipinski definition) is 1. The topological polar surface area (TPSA) is 59.2 Å². The van der Waals surface area contributed by atoms with Gasteiger partial charge in [0.15, 0.2) is 0 Å². The molecule has 1 aromatic heterocycles. The number of carbonyl (C=O) groups excluding carboxylic acids is 1. The summed E-state index contributed by atoms with van der Waals surface area (Å²) in [5.41, 5.74) is 6.10. The molecule has 1 saturated heterocycles. The van der Waals surface area contributed by atoms with Crippen LogP contribution in [0, 0.1) is 5.92 Å². The van der Waals surface area contributed by atoms with Gasteiger partial charge >= 0.3 is 0 Å². The van der Waals surface area contributed by atoms with Gasteiger partial charge in [-0.25, -0.2) is 0 Å². The number of nitrogens with zero attached hydrogens (tertiary/aromatic N) is 2. The van der Waals surface area contributed by atoms with E-state index in [0.717, 1.165) is 38.9 Å². The lowest BCUT2D eigenvalue weighted by Crippen LogP contribution is -2.39. The molecule has 1 fully saturated rings. The molecule has 1 amide bonds. The van der Waals surface area contributed by atoms with Crippen LogP contribution in [0.5, 0.6) is 0 Å². The van der Waals surface area contributed by atoms with Gasteiger partial charge in [0.1, 0.15) is 5.69 Å². The fourth-order valence-corrected chi connectivity index (χ4v) is 2.31. The number of piperidine rings is 1. The Bertz CT molecular complexity index is 358. The second-order valence-electron chi connectivity index (χ2n) is 4.53. The number of pyridine rings is 1. The van der Waals surface area contributed by atoms with Crippen LogP contribution in [0.3, 0.4) is 0 Å². The first kappa shape index (κ1) is 12.0. The molecule has 0 spiro atoms. The number of amides is 1. The van der Waals surface area contributed by atoms with Crippen LogP contribution in [0.4, 0.5) is 0 Å². The number of rotatable bonds is 3. The lowest BCUT2D eigenvalue weighted by Gasteiger charge is -2.31. The molecule has 0 bridgehead atoms. The van der Waals surface area contributed by atoms with Crippen LogP contribution in [0.1, 0.15) is 29.8 Å². The van der Waals surface area contributed by atoms with Crippen molar-refractivity contribution in [2.45, 2.75) is 19.3 Å². The third-order valence-electron chi connectivity index (χ3n) is 3.36. The fraction of sp³-hybridized carbons (Fsp3) is 0.538. The Morgan fingerprint density at radius 3 is 2.76 bits per heavy atom. The largest absolute Gasteiger partial charge is 0.337 e. The molecule has 1 aliphatic heterocycles. The smallest absolute Gasteiger partial charge is 0.272 e. The molecule has 0 saturated carbocycles. The Morgan fingerprint density at radius 1 is 1.41 bits per heavy atom. The molecule has 17 heavy (non-hydrogen) atoms. The molecule has 2 heterocycles. The zero-order chi connectivity index (χ0) is 12.1. The molecular formula is C13H19N3O. The van der Waals surface area contributed by atoms with E-state index >= 15 is 0 Å². The highest BCUT2D eigenvalue weighted by Crippen LogP contribution is 2.20. The van der Waals surface area contributed by atoms with Gasteiger partial charge in [0.25, 0.3) is 5.91 Å². The minimum absolute atomic E-state index is 0.0526. The summed E-state index contributed by atoms with van der Waals surface area (Å²) in [5.74, 6) is 0.740. The van der Waals surface area contributed by atoms with Crippen molar-refractivity contribution in [1.29, 1.82) is 0 Å². The van der Waals surface area contributed by atoms with Gasteiger partial charge in [-0.15, -0.1) is 0 Å². The van der Waals surface area contributed by atoms with E-state index in [1.165, 1.54) is 0 Å². The molecule has 0 aromatic carbocycles. The molecule has 2 rings (SSSR count). The number of aromatic nitrogens is 1. The molecule has 2 N–H and O–H groups in total. The SMILES string of the molecule is NCCC1CCN(C(=O)c2ccccn2)CC1. The Hall–Kier alpha value is -1.42. The highest BCUT2D eigenvalue weighted by Gasteiger charge is 2.23. The van der Waals surface area contributed by atoms with Crippen LogP contribution in [0.2, 0.25) is 0 Å². The van der Waals surface area contributed by atoms with Crippen LogP contribution in [0.25, 0.3) is 0 Å². The highest BCUT2D eigenvalue weighted by molar-refractivity contribution is 5.92. The second kappa shape index (κ2) is 5.77. The summed E-state index contributed by atoms with van der Waals surface area (Å²) in [6.07, 6.45) is 4.87. The quantitative estimate of drug-likeness (QED) is 0.855. The second-order valence-corrected chi connectivity index (χ2v) is 4.53. The number of hydrogen-bond acceptors (Lipinski definition) is 3. The van der Waals surface area contributed by atoms with Crippen molar-refractivity contribution in [3.05, 3.63) is 30.1 Å². The molecule has 1 aliphatic rings. The summed E-state index contributed by atoms with van der Waals surface area (Å²) >= 11 is 0. The molecule has 4 nitrogen and oxygen atoms in total. The lowest BCUT2D eigenvalue weighted by molar-refractivity contribution is 0.0682. The Balaban J connectivity index is 1.91. The van der Waals surface area contributed by atoms with Crippen molar-refractivity contribution in [2.75, 3.05) is 19.6 Å². The summed E-state index contributed by atoms with van der Waals surface area (Å²) in [4.78, 5) is 18.1. The van der Waals surface area contributed by atoms with Crippen LogP contribution < -0.4 is 5.73 Å². The van der Waals surface area contributed by atoms with Crippen LogP contribution in [-0.2, 0) is 0 Å². The summed E-state index contributed by atoms with van der Waals surface area (Å²) < 4.78 is 0. The van der Waals surface area contributed by atoms with Gasteiger partial charge in [0.05, 0.1) is 0 Å². The van der Waals surface area contributed by atoms with Crippen molar-refractivity contribution in [2.24, 2.45) is 11.7 Å². The number of nitrogens with two attached hydrogens (primary N) is 1. The number of likely N-dealkylation sites (tertiary alicyclic amines) is 1. The van der Waals surface area contributed by atoms with E-state index in [4.69, 9.17) is 5.73 Å². The van der Waals surface area contributed by atoms with E-state index in [1.54, 1.807) is 12.3 Å². The monoisotopic (exact) mass is 233 g/mol. The number of carbonyl (C=O) groups is 1. The predicted octanol–water partition coefficient (Wildman–Crippen LogP) is 1.28. The van der Waals surface area contributed by atoms with Gasteiger partial charge in [0, 0.05) is 19.3 Å². The summed E-state index contributed by atoms with van der Waals surface area (Å²) in [7, 11) is 0. The van der Waals surface area contributed by atoms with Gasteiger partial charge < -0.3 is 10.6 Å². The zero-order valence-electron chi connectivity index (χ0n) is 10.0. The van der Waals surface area contributed by atoms with Crippen molar-refractivity contribution in [3.8, 4) is 0 Å². The van der Waals surface area contributed by atoms with Crippen molar-refractivity contribution in [1.82, 2.24) is 9.88 Å². The molecule has 0 radical (unpaired) electrons. The first-order valence-electron chi connectivity index (χ1n) is 6.21. The Labute approximate surface area is 102 Å². The minimum Gasteiger partial charge on any atom is -0.337 e. The Morgan fingerprint density at radius 2 is 2.18 bits per heavy atom. The van der Waals surface area contributed by atoms with E-state index in [2.05, 4.69) is 4.98 Å². The Kier molecular flexibility index (Phi) is 4.09. The molecule has 4 heteroatoms. The van der Waals surface area contributed by atoms with Gasteiger partial charge in [0.2, 0.25) is 0 Å². The third kappa shape index (κ3) is 3.03. The molecule has 0 aliphatic carbocycles. The maximum Gasteiger partial charge on any atom is 0.272 e. The van der Waals surface area contributed by atoms with E-state index in [1.807, 2.05) is 17.0 Å². The normalized spacial score (nSPS) is 17.1. The average Bonchev–Trinajstić information content (AvgIpc) is 2.40. The standard InChI is InChI=1S/C13H19N3O/c14-7-4-11-5-9-16(10-6-11)13(17)12-3-1-2-8-15-12/h1-3,8,11H,4-7,9-10,14H2. The maximum absolute atomic E-state index is 12.1. The molecule has 1 aromatic rings. The van der Waals surface area contributed by atoms with Crippen molar-refractivity contribution in [3.63, 3.8) is 0 Å². The van der Waals surface area contributed by atoms with E-state index in [0.29, 0.717) is 11.6 Å². The van der Waals surface area contributed by atoms with E-state index < -0.39 is 0 Å². The first-order chi connectivity index (χ1) is 8.31. The van der Waals surface area contributed by atoms with Crippen LogP contribution >= 0.6 is 0 Å². The lowest BCUT2D eigenvalue weighted by atomic mass is 9.93. The van der Waals surface area contributed by atoms with E-state index in [-0.39, 0.29) is 5.91 Å². The summed E-state index contributed by atoms with van der Waals surface area (Å²) in [6, 6.07) is 5.44. The molecule has 0 atom stereocenters. The van der Waals surface area contributed by atoms with Crippen molar-refractivity contribution >= 4 is 5.91 Å². The van der Waals surface area contributed by atoms with Crippen molar-refractivity contribution < 1.29 is 4.79 Å². The third-order valence-corrected chi connectivity index (χ3v) is 3.36. The fourth-order valence-electron chi connectivity index (χ4n) is 2.31. The molecule has 92 valence electrons. The molecule has 0 unspecified atom stereocenters. The highest BCUT2D eigenvalue weighted by atomic mass is 16.2. The van der Waals surface area contributed by atoms with Crippen LogP contribution in [-0.4, -0.2) is 35.4 Å². The predicted molar refractivity (Wildman–Crippen MR) is 66.5 cm³/mol. The summed E-state index contributed by atoms with van der Waals surface area (Å²) in [6.45, 7) is 2.42. The first-order valence-corrected chi connectivity index (χ1v) is 6.21. The van der Waals surface area contributed by atoms with Gasteiger partial charge in [-0.05, 0) is 43.9 Å². The van der Waals surface area contributed by atoms with E-state index in [9.17, 15) is 4.79 Å². The minimum atomic E-state index is 0.0526. The average molecular weight is 233 g/mol. The summed E-state index contributed by atoms with van der Waals surface area (Å²) in [5, 5.41) is 0. The zero-order valence-corrected chi connectivity index (χ0v) is 10.0.